The van der Waals surface area contributed by atoms with Gasteiger partial charge in [-0.2, -0.15) is 0 Å². The number of nitrogens with one attached hydrogen (secondary N) is 1. The number of carbonyl (C=O) groups excluding carboxylic acids is 1. The van der Waals surface area contributed by atoms with E-state index in [-0.39, 0.29) is 24.4 Å². The van der Waals surface area contributed by atoms with Gasteiger partial charge in [0.25, 0.3) is 5.56 Å². The van der Waals surface area contributed by atoms with Gasteiger partial charge in [-0.05, 0) is 30.6 Å². The molecule has 1 saturated carbocycles. The predicted octanol–water partition coefficient (Wildman–Crippen LogP) is 2.37. The lowest BCUT2D eigenvalue weighted by Crippen LogP contribution is -2.48. The van der Waals surface area contributed by atoms with Gasteiger partial charge >= 0.3 is 5.69 Å². The van der Waals surface area contributed by atoms with Crippen molar-refractivity contribution in [1.29, 1.82) is 0 Å². The van der Waals surface area contributed by atoms with Crippen molar-refractivity contribution in [3.63, 3.8) is 0 Å². The number of nitrogens with zero attached hydrogens (tertiary/aromatic N) is 4. The second kappa shape index (κ2) is 9.18. The summed E-state index contributed by atoms with van der Waals surface area (Å²) in [5, 5.41) is 3.05. The molecule has 0 unspecified atom stereocenters. The highest BCUT2D eigenvalue weighted by Crippen LogP contribution is 2.23. The Morgan fingerprint density at radius 2 is 1.77 bits per heavy atom. The molecule has 3 rings (SSSR count). The summed E-state index contributed by atoms with van der Waals surface area (Å²) < 4.78 is 4.41. The second-order valence-electron chi connectivity index (χ2n) is 9.58. The maximum absolute atomic E-state index is 13.3. The molecular formula is C22H35N5O3. The Labute approximate surface area is 177 Å². The summed E-state index contributed by atoms with van der Waals surface area (Å²) in [6.45, 7) is 11.1. The molecule has 2 heterocycles. The van der Waals surface area contributed by atoms with Gasteiger partial charge in [0.2, 0.25) is 5.91 Å². The number of fused-ring (bicyclic) bond motifs is 1. The molecule has 0 aromatic carbocycles. The standard InChI is InChI=1S/C22H35N5O3/c1-14(2)10-25-13-23-20-19(25)21(29)27(22(30)26(20)11-15(3)4)12-18(28)24-17-9-7-6-8-16(17)5/h13-17H,6-12H2,1-5H3,(H,24,28)/t16-,17-/m1/s1. The highest BCUT2D eigenvalue weighted by Gasteiger charge is 2.25. The fraction of sp³-hybridized carbons (Fsp3) is 0.727. The van der Waals surface area contributed by atoms with Crippen LogP contribution in [0.4, 0.5) is 0 Å². The summed E-state index contributed by atoms with van der Waals surface area (Å²) >= 11 is 0. The maximum atomic E-state index is 13.3. The molecule has 1 aliphatic carbocycles. The predicted molar refractivity (Wildman–Crippen MR) is 117 cm³/mol. The third kappa shape index (κ3) is 4.68. The van der Waals surface area contributed by atoms with Gasteiger partial charge in [0, 0.05) is 19.1 Å². The number of amides is 1. The molecule has 8 nitrogen and oxygen atoms in total. The molecule has 0 bridgehead atoms. The second-order valence-corrected chi connectivity index (χ2v) is 9.58. The van der Waals surface area contributed by atoms with Crippen LogP contribution in [-0.2, 0) is 24.4 Å². The minimum atomic E-state index is -0.470. The summed E-state index contributed by atoms with van der Waals surface area (Å²) in [6, 6.07) is 0.107. The van der Waals surface area contributed by atoms with E-state index >= 15 is 0 Å². The largest absolute Gasteiger partial charge is 0.352 e. The first-order chi connectivity index (χ1) is 14.2. The third-order valence-electron chi connectivity index (χ3n) is 5.85. The topological polar surface area (TPSA) is 90.9 Å². The van der Waals surface area contributed by atoms with Crippen LogP contribution < -0.4 is 16.6 Å². The van der Waals surface area contributed by atoms with Crippen LogP contribution in [0.3, 0.4) is 0 Å². The molecule has 0 aliphatic heterocycles. The van der Waals surface area contributed by atoms with Crippen LogP contribution in [0.1, 0.15) is 60.3 Å². The molecule has 8 heteroatoms. The fourth-order valence-electron chi connectivity index (χ4n) is 4.37. The summed E-state index contributed by atoms with van der Waals surface area (Å²) in [5.74, 6) is 0.645. The Morgan fingerprint density at radius 1 is 1.10 bits per heavy atom. The van der Waals surface area contributed by atoms with E-state index in [9.17, 15) is 14.4 Å². The Balaban J connectivity index is 2.01. The Hall–Kier alpha value is -2.38. The van der Waals surface area contributed by atoms with E-state index in [1.807, 2.05) is 13.8 Å². The number of aromatic nitrogens is 4. The van der Waals surface area contributed by atoms with E-state index in [1.54, 1.807) is 10.9 Å². The Kier molecular flexibility index (Phi) is 6.83. The average molecular weight is 418 g/mol. The van der Waals surface area contributed by atoms with Gasteiger partial charge in [-0.3, -0.25) is 14.2 Å². The highest BCUT2D eigenvalue weighted by atomic mass is 16.2. The van der Waals surface area contributed by atoms with Crippen molar-refractivity contribution >= 4 is 17.1 Å². The fourth-order valence-corrected chi connectivity index (χ4v) is 4.37. The zero-order valence-corrected chi connectivity index (χ0v) is 18.9. The van der Waals surface area contributed by atoms with Crippen LogP contribution in [0.5, 0.6) is 0 Å². The summed E-state index contributed by atoms with van der Waals surface area (Å²) in [5.41, 5.74) is -0.123. The SMILES string of the molecule is CC(C)Cn1cnc2c1c(=O)n(CC(=O)N[C@@H]1CCCC[C@H]1C)c(=O)n2CC(C)C. The van der Waals surface area contributed by atoms with E-state index in [2.05, 4.69) is 31.1 Å². The van der Waals surface area contributed by atoms with Gasteiger partial charge in [-0.15, -0.1) is 0 Å². The van der Waals surface area contributed by atoms with Crippen molar-refractivity contribution in [1.82, 2.24) is 24.0 Å². The first-order valence-corrected chi connectivity index (χ1v) is 11.2. The number of rotatable bonds is 7. The van der Waals surface area contributed by atoms with Gasteiger partial charge < -0.3 is 9.88 Å². The van der Waals surface area contributed by atoms with Crippen LogP contribution in [-0.4, -0.2) is 30.6 Å². The smallest absolute Gasteiger partial charge is 0.333 e. The Bertz CT molecular complexity index is 1010. The lowest BCUT2D eigenvalue weighted by Gasteiger charge is -2.29. The Morgan fingerprint density at radius 3 is 2.40 bits per heavy atom. The summed E-state index contributed by atoms with van der Waals surface area (Å²) in [4.78, 5) is 43.6. The van der Waals surface area contributed by atoms with Gasteiger partial charge in [0.1, 0.15) is 6.54 Å². The summed E-state index contributed by atoms with van der Waals surface area (Å²) in [6.07, 6.45) is 5.93. The molecule has 2 aromatic rings. The van der Waals surface area contributed by atoms with Crippen LogP contribution in [0.2, 0.25) is 0 Å². The molecule has 0 spiro atoms. The van der Waals surface area contributed by atoms with Gasteiger partial charge in [-0.25, -0.2) is 14.3 Å². The average Bonchev–Trinajstić information content (AvgIpc) is 3.07. The van der Waals surface area contributed by atoms with E-state index < -0.39 is 11.2 Å². The molecule has 2 atom stereocenters. The monoisotopic (exact) mass is 417 g/mol. The number of hydrogen-bond donors (Lipinski definition) is 1. The van der Waals surface area contributed by atoms with Crippen molar-refractivity contribution in [3.05, 3.63) is 27.2 Å². The first kappa shape index (κ1) is 22.3. The molecule has 1 amide bonds. The number of hydrogen-bond acceptors (Lipinski definition) is 4. The van der Waals surface area contributed by atoms with Crippen molar-refractivity contribution in [2.75, 3.05) is 0 Å². The van der Waals surface area contributed by atoms with Crippen molar-refractivity contribution in [2.45, 2.75) is 86.0 Å². The zero-order chi connectivity index (χ0) is 22.0. The lowest BCUT2D eigenvalue weighted by atomic mass is 9.86. The molecule has 0 radical (unpaired) electrons. The zero-order valence-electron chi connectivity index (χ0n) is 18.9. The molecular weight excluding hydrogens is 382 g/mol. The van der Waals surface area contributed by atoms with Crippen molar-refractivity contribution in [2.24, 2.45) is 17.8 Å². The first-order valence-electron chi connectivity index (χ1n) is 11.2. The van der Waals surface area contributed by atoms with Crippen LogP contribution in [0, 0.1) is 17.8 Å². The van der Waals surface area contributed by atoms with Crippen LogP contribution >= 0.6 is 0 Å². The van der Waals surface area contributed by atoms with E-state index in [0.717, 1.165) is 23.8 Å². The van der Waals surface area contributed by atoms with Crippen molar-refractivity contribution < 1.29 is 4.79 Å². The highest BCUT2D eigenvalue weighted by molar-refractivity contribution is 5.77. The molecule has 0 saturated heterocycles. The van der Waals surface area contributed by atoms with Crippen LogP contribution in [0.15, 0.2) is 15.9 Å². The van der Waals surface area contributed by atoms with Gasteiger partial charge in [0.05, 0.1) is 6.33 Å². The van der Waals surface area contributed by atoms with Gasteiger partial charge in [-0.1, -0.05) is 47.5 Å². The lowest BCUT2D eigenvalue weighted by molar-refractivity contribution is -0.123. The van der Waals surface area contributed by atoms with E-state index in [0.29, 0.717) is 36.1 Å². The van der Waals surface area contributed by atoms with Gasteiger partial charge in [0.15, 0.2) is 11.2 Å². The number of carbonyl (C=O) groups is 1. The maximum Gasteiger partial charge on any atom is 0.333 e. The molecule has 1 N–H and O–H groups in total. The molecule has 166 valence electrons. The third-order valence-corrected chi connectivity index (χ3v) is 5.85. The quantitative estimate of drug-likeness (QED) is 0.749. The van der Waals surface area contributed by atoms with E-state index in [4.69, 9.17) is 0 Å². The molecule has 1 fully saturated rings. The molecule has 30 heavy (non-hydrogen) atoms. The number of imidazole rings is 1. The molecule has 1 aliphatic rings. The van der Waals surface area contributed by atoms with Crippen molar-refractivity contribution in [3.8, 4) is 0 Å². The molecule has 2 aromatic heterocycles. The minimum Gasteiger partial charge on any atom is -0.352 e. The summed E-state index contributed by atoms with van der Waals surface area (Å²) in [7, 11) is 0. The minimum absolute atomic E-state index is 0.107. The van der Waals surface area contributed by atoms with Crippen LogP contribution in [0.25, 0.3) is 11.2 Å². The van der Waals surface area contributed by atoms with E-state index in [1.165, 1.54) is 11.0 Å². The normalized spacial score (nSPS) is 19.7.